The Labute approximate surface area is 138 Å². The fraction of sp³-hybridized carbons (Fsp3) is 0.889. The van der Waals surface area contributed by atoms with Crippen molar-refractivity contribution in [2.45, 2.75) is 76.4 Å². The van der Waals surface area contributed by atoms with E-state index in [1.807, 2.05) is 4.90 Å². The second kappa shape index (κ2) is 7.65. The van der Waals surface area contributed by atoms with Crippen molar-refractivity contribution in [3.63, 3.8) is 0 Å². The van der Waals surface area contributed by atoms with E-state index in [1.54, 1.807) is 0 Å². The summed E-state index contributed by atoms with van der Waals surface area (Å²) in [6.07, 6.45) is 10.1. The van der Waals surface area contributed by atoms with Gasteiger partial charge in [-0.3, -0.25) is 9.59 Å². The van der Waals surface area contributed by atoms with Crippen molar-refractivity contribution in [2.24, 2.45) is 11.8 Å². The van der Waals surface area contributed by atoms with Gasteiger partial charge < -0.3 is 15.3 Å². The molecular formula is C18H30N2O3. The summed E-state index contributed by atoms with van der Waals surface area (Å²) < 4.78 is 0. The Bertz CT molecular complexity index is 432. The lowest BCUT2D eigenvalue weighted by molar-refractivity contribution is -0.130. The van der Waals surface area contributed by atoms with Crippen LogP contribution in [0.15, 0.2) is 0 Å². The zero-order chi connectivity index (χ0) is 16.2. The van der Waals surface area contributed by atoms with Crippen LogP contribution >= 0.6 is 0 Å². The molecule has 2 N–H and O–H groups in total. The van der Waals surface area contributed by atoms with E-state index in [0.717, 1.165) is 32.1 Å². The molecule has 0 aromatic heterocycles. The van der Waals surface area contributed by atoms with Crippen LogP contribution in [0.3, 0.4) is 0 Å². The molecule has 5 heteroatoms. The first kappa shape index (κ1) is 16.7. The molecule has 3 atom stereocenters. The van der Waals surface area contributed by atoms with Gasteiger partial charge in [-0.05, 0) is 25.7 Å². The van der Waals surface area contributed by atoms with Gasteiger partial charge in [0, 0.05) is 31.5 Å². The van der Waals surface area contributed by atoms with Crippen molar-refractivity contribution in [1.82, 2.24) is 10.2 Å². The molecule has 0 spiro atoms. The van der Waals surface area contributed by atoms with Gasteiger partial charge in [0.1, 0.15) is 0 Å². The fourth-order valence-electron chi connectivity index (χ4n) is 4.46. The van der Waals surface area contributed by atoms with Crippen LogP contribution < -0.4 is 5.32 Å². The lowest BCUT2D eigenvalue weighted by Gasteiger charge is -2.27. The number of aliphatic hydroxyl groups is 1. The van der Waals surface area contributed by atoms with Crippen LogP contribution in [0.1, 0.15) is 64.2 Å². The Kier molecular flexibility index (Phi) is 5.57. The molecule has 3 unspecified atom stereocenters. The highest BCUT2D eigenvalue weighted by molar-refractivity contribution is 5.89. The van der Waals surface area contributed by atoms with Gasteiger partial charge in [0.25, 0.3) is 0 Å². The average molecular weight is 322 g/mol. The van der Waals surface area contributed by atoms with Gasteiger partial charge in [0.15, 0.2) is 0 Å². The fourth-order valence-corrected chi connectivity index (χ4v) is 4.46. The third-order valence-corrected chi connectivity index (χ3v) is 5.95. The SMILES string of the molecule is O=C(NCC1CCCC1O)C1CC(=O)N(C2CCCCCC2)C1. The monoisotopic (exact) mass is 322 g/mol. The number of carbonyl (C=O) groups is 2. The molecule has 5 nitrogen and oxygen atoms in total. The highest BCUT2D eigenvalue weighted by Crippen LogP contribution is 2.29. The molecule has 2 amide bonds. The molecule has 23 heavy (non-hydrogen) atoms. The molecule has 130 valence electrons. The minimum absolute atomic E-state index is 0.00595. The minimum atomic E-state index is -0.275. The number of amides is 2. The number of nitrogens with zero attached hydrogens (tertiary/aromatic N) is 1. The Balaban J connectivity index is 1.49. The second-order valence-electron chi connectivity index (χ2n) is 7.60. The van der Waals surface area contributed by atoms with E-state index < -0.39 is 0 Å². The van der Waals surface area contributed by atoms with Crippen LogP contribution in [0.25, 0.3) is 0 Å². The van der Waals surface area contributed by atoms with E-state index in [-0.39, 0.29) is 29.8 Å². The topological polar surface area (TPSA) is 69.6 Å². The Hall–Kier alpha value is -1.10. The van der Waals surface area contributed by atoms with E-state index in [9.17, 15) is 14.7 Å². The van der Waals surface area contributed by atoms with Crippen molar-refractivity contribution in [3.05, 3.63) is 0 Å². The number of likely N-dealkylation sites (tertiary alicyclic amines) is 1. The number of nitrogens with one attached hydrogen (secondary N) is 1. The number of hydrogen-bond donors (Lipinski definition) is 2. The van der Waals surface area contributed by atoms with E-state index in [1.165, 1.54) is 25.7 Å². The summed E-state index contributed by atoms with van der Waals surface area (Å²) in [5, 5.41) is 12.8. The van der Waals surface area contributed by atoms with Gasteiger partial charge in [-0.25, -0.2) is 0 Å². The smallest absolute Gasteiger partial charge is 0.225 e. The third kappa shape index (κ3) is 4.06. The first-order valence-corrected chi connectivity index (χ1v) is 9.40. The summed E-state index contributed by atoms with van der Waals surface area (Å²) in [7, 11) is 0. The molecular weight excluding hydrogens is 292 g/mol. The van der Waals surface area contributed by atoms with Crippen molar-refractivity contribution >= 4 is 11.8 Å². The zero-order valence-electron chi connectivity index (χ0n) is 14.0. The number of aliphatic hydroxyl groups excluding tert-OH is 1. The van der Waals surface area contributed by atoms with Crippen LogP contribution in [0.4, 0.5) is 0 Å². The summed E-state index contributed by atoms with van der Waals surface area (Å²) in [5.41, 5.74) is 0. The van der Waals surface area contributed by atoms with Crippen LogP contribution in [0, 0.1) is 11.8 Å². The minimum Gasteiger partial charge on any atom is -0.393 e. The molecule has 3 aliphatic rings. The van der Waals surface area contributed by atoms with E-state index >= 15 is 0 Å². The largest absolute Gasteiger partial charge is 0.393 e. The maximum atomic E-state index is 12.4. The van der Waals surface area contributed by atoms with Gasteiger partial charge in [-0.15, -0.1) is 0 Å². The van der Waals surface area contributed by atoms with Gasteiger partial charge in [0.2, 0.25) is 11.8 Å². The molecule has 3 rings (SSSR count). The lowest BCUT2D eigenvalue weighted by Crippen LogP contribution is -2.39. The van der Waals surface area contributed by atoms with Crippen LogP contribution in [0.5, 0.6) is 0 Å². The Morgan fingerprint density at radius 2 is 1.83 bits per heavy atom. The highest BCUT2D eigenvalue weighted by Gasteiger charge is 2.38. The predicted octanol–water partition coefficient (Wildman–Crippen LogP) is 1.83. The van der Waals surface area contributed by atoms with Crippen molar-refractivity contribution in [3.8, 4) is 0 Å². The molecule has 0 aromatic carbocycles. The lowest BCUT2D eigenvalue weighted by atomic mass is 10.0. The number of hydrogen-bond acceptors (Lipinski definition) is 3. The number of rotatable bonds is 4. The average Bonchev–Trinajstić information content (AvgIpc) is 3.01. The summed E-state index contributed by atoms with van der Waals surface area (Å²) in [6, 6.07) is 0.347. The van der Waals surface area contributed by atoms with E-state index in [4.69, 9.17) is 0 Å². The van der Waals surface area contributed by atoms with Gasteiger partial charge >= 0.3 is 0 Å². The molecule has 3 fully saturated rings. The Morgan fingerprint density at radius 3 is 2.48 bits per heavy atom. The van der Waals surface area contributed by atoms with Crippen LogP contribution in [0.2, 0.25) is 0 Å². The van der Waals surface area contributed by atoms with Gasteiger partial charge in [0.05, 0.1) is 12.0 Å². The standard InChI is InChI=1S/C18H30N2O3/c21-16-9-5-6-13(16)11-19-18(23)14-10-17(22)20(12-14)15-7-3-1-2-4-8-15/h13-16,21H,1-12H2,(H,19,23). The maximum absolute atomic E-state index is 12.4. The highest BCUT2D eigenvalue weighted by atomic mass is 16.3. The first-order valence-electron chi connectivity index (χ1n) is 9.40. The first-order chi connectivity index (χ1) is 11.1. The molecule has 1 heterocycles. The molecule has 2 saturated carbocycles. The van der Waals surface area contributed by atoms with Gasteiger partial charge in [-0.2, -0.15) is 0 Å². The van der Waals surface area contributed by atoms with Crippen molar-refractivity contribution in [2.75, 3.05) is 13.1 Å². The number of carbonyl (C=O) groups excluding carboxylic acids is 2. The summed E-state index contributed by atoms with van der Waals surface area (Å²) in [4.78, 5) is 26.7. The van der Waals surface area contributed by atoms with Crippen molar-refractivity contribution < 1.29 is 14.7 Å². The molecule has 1 saturated heterocycles. The summed E-state index contributed by atoms with van der Waals surface area (Å²) in [6.45, 7) is 1.14. The molecule has 0 aromatic rings. The van der Waals surface area contributed by atoms with Crippen LogP contribution in [-0.4, -0.2) is 47.1 Å². The van der Waals surface area contributed by atoms with E-state index in [0.29, 0.717) is 25.6 Å². The molecule has 2 aliphatic carbocycles. The van der Waals surface area contributed by atoms with Crippen LogP contribution in [-0.2, 0) is 9.59 Å². The maximum Gasteiger partial charge on any atom is 0.225 e. The summed E-state index contributed by atoms with van der Waals surface area (Å²) in [5.74, 6) is 0.129. The Morgan fingerprint density at radius 1 is 1.09 bits per heavy atom. The molecule has 0 radical (unpaired) electrons. The normalized spacial score (nSPS) is 33.0. The molecule has 0 bridgehead atoms. The van der Waals surface area contributed by atoms with Crippen molar-refractivity contribution in [1.29, 1.82) is 0 Å². The zero-order valence-corrected chi connectivity index (χ0v) is 14.0. The third-order valence-electron chi connectivity index (χ3n) is 5.95. The second-order valence-corrected chi connectivity index (χ2v) is 7.60. The molecule has 1 aliphatic heterocycles. The quantitative estimate of drug-likeness (QED) is 0.776. The predicted molar refractivity (Wildman–Crippen MR) is 87.7 cm³/mol. The van der Waals surface area contributed by atoms with E-state index in [2.05, 4.69) is 5.32 Å². The van der Waals surface area contributed by atoms with Gasteiger partial charge in [-0.1, -0.05) is 32.1 Å². The summed E-state index contributed by atoms with van der Waals surface area (Å²) >= 11 is 0.